The highest BCUT2D eigenvalue weighted by molar-refractivity contribution is 7.17. The maximum absolute atomic E-state index is 13.3. The summed E-state index contributed by atoms with van der Waals surface area (Å²) in [6.45, 7) is 3.98. The Bertz CT molecular complexity index is 969. The molecule has 0 bridgehead atoms. The molecule has 0 saturated carbocycles. The lowest BCUT2D eigenvalue weighted by Gasteiger charge is -2.31. The minimum atomic E-state index is 0.0863. The second-order valence-corrected chi connectivity index (χ2v) is 8.00. The van der Waals surface area contributed by atoms with Gasteiger partial charge in [0.05, 0.1) is 5.39 Å². The smallest absolute Gasteiger partial charge is 0.263 e. The highest BCUT2D eigenvalue weighted by Gasteiger charge is 2.23. The van der Waals surface area contributed by atoms with Crippen molar-refractivity contribution in [2.24, 2.45) is 0 Å². The summed E-state index contributed by atoms with van der Waals surface area (Å²) in [6, 6.07) is 7.87. The van der Waals surface area contributed by atoms with E-state index < -0.39 is 0 Å². The van der Waals surface area contributed by atoms with E-state index in [-0.39, 0.29) is 11.6 Å². The van der Waals surface area contributed by atoms with E-state index in [0.717, 1.165) is 53.1 Å². The van der Waals surface area contributed by atoms with E-state index in [4.69, 9.17) is 16.6 Å². The van der Waals surface area contributed by atoms with Crippen LogP contribution in [0.15, 0.2) is 34.4 Å². The first-order chi connectivity index (χ1) is 12.0. The fourth-order valence-corrected chi connectivity index (χ4v) is 4.74. The maximum Gasteiger partial charge on any atom is 0.263 e. The summed E-state index contributed by atoms with van der Waals surface area (Å²) in [4.78, 5) is 21.2. The van der Waals surface area contributed by atoms with Crippen LogP contribution in [0.4, 0.5) is 0 Å². The van der Waals surface area contributed by atoms with E-state index in [9.17, 15) is 4.79 Å². The number of halogens is 1. The Balaban J connectivity index is 1.87. The van der Waals surface area contributed by atoms with E-state index in [1.165, 1.54) is 11.3 Å². The van der Waals surface area contributed by atoms with Crippen LogP contribution in [-0.4, -0.2) is 34.6 Å². The molecule has 1 aromatic carbocycles. The van der Waals surface area contributed by atoms with Crippen LogP contribution in [0.1, 0.15) is 24.7 Å². The van der Waals surface area contributed by atoms with Crippen molar-refractivity contribution >= 4 is 33.2 Å². The van der Waals surface area contributed by atoms with Gasteiger partial charge in [-0.05, 0) is 57.6 Å². The fourth-order valence-electron chi connectivity index (χ4n) is 3.63. The Labute approximate surface area is 155 Å². The molecule has 0 radical (unpaired) electrons. The minimum Gasteiger partial charge on any atom is -0.306 e. The van der Waals surface area contributed by atoms with E-state index in [1.807, 2.05) is 41.1 Å². The zero-order valence-electron chi connectivity index (χ0n) is 14.3. The molecule has 3 heterocycles. The number of benzene rings is 1. The highest BCUT2D eigenvalue weighted by atomic mass is 35.5. The molecule has 6 heteroatoms. The van der Waals surface area contributed by atoms with Crippen LogP contribution >= 0.6 is 22.9 Å². The lowest BCUT2D eigenvalue weighted by molar-refractivity contribution is 0.216. The molecule has 1 aliphatic rings. The van der Waals surface area contributed by atoms with Crippen LogP contribution in [0.25, 0.3) is 21.3 Å². The van der Waals surface area contributed by atoms with Crippen LogP contribution < -0.4 is 5.56 Å². The molecule has 1 saturated heterocycles. The van der Waals surface area contributed by atoms with Gasteiger partial charge in [-0.2, -0.15) is 0 Å². The Hall–Kier alpha value is -1.69. The van der Waals surface area contributed by atoms with Gasteiger partial charge in [-0.1, -0.05) is 23.7 Å². The van der Waals surface area contributed by atoms with Crippen molar-refractivity contribution in [3.8, 4) is 11.1 Å². The molecular formula is C19H20ClN3OS. The van der Waals surface area contributed by atoms with Gasteiger partial charge in [0.1, 0.15) is 10.7 Å². The van der Waals surface area contributed by atoms with Gasteiger partial charge in [-0.15, -0.1) is 11.3 Å². The Morgan fingerprint density at radius 1 is 1.20 bits per heavy atom. The molecule has 25 heavy (non-hydrogen) atoms. The van der Waals surface area contributed by atoms with Crippen molar-refractivity contribution in [3.63, 3.8) is 0 Å². The number of hydrogen-bond donors (Lipinski definition) is 0. The fraction of sp³-hybridized carbons (Fsp3) is 0.368. The largest absolute Gasteiger partial charge is 0.306 e. The SMILES string of the molecule is Cc1nc2scc(-c3ccc(Cl)cc3)c2c(=O)n1C1CCN(C)CC1. The van der Waals surface area contributed by atoms with Crippen molar-refractivity contribution < 1.29 is 0 Å². The molecule has 0 N–H and O–H groups in total. The van der Waals surface area contributed by atoms with Gasteiger partial charge in [0.25, 0.3) is 5.56 Å². The average Bonchev–Trinajstić information content (AvgIpc) is 3.01. The zero-order chi connectivity index (χ0) is 17.6. The summed E-state index contributed by atoms with van der Waals surface area (Å²) in [5.41, 5.74) is 2.05. The second kappa shape index (κ2) is 6.56. The number of hydrogen-bond acceptors (Lipinski definition) is 4. The molecule has 0 unspecified atom stereocenters. The van der Waals surface area contributed by atoms with Gasteiger partial charge >= 0.3 is 0 Å². The third-order valence-corrected chi connectivity index (χ3v) is 6.15. The predicted octanol–water partition coefficient (Wildman–Crippen LogP) is 4.35. The first-order valence-corrected chi connectivity index (χ1v) is 9.75. The van der Waals surface area contributed by atoms with Crippen LogP contribution in [0.3, 0.4) is 0 Å². The summed E-state index contributed by atoms with van der Waals surface area (Å²) in [5, 5.41) is 3.46. The van der Waals surface area contributed by atoms with Gasteiger partial charge in [-0.3, -0.25) is 9.36 Å². The number of nitrogens with zero attached hydrogens (tertiary/aromatic N) is 3. The molecule has 4 rings (SSSR count). The number of thiophene rings is 1. The van der Waals surface area contributed by atoms with Crippen molar-refractivity contribution in [2.75, 3.05) is 20.1 Å². The van der Waals surface area contributed by atoms with Crippen LogP contribution in [0, 0.1) is 6.92 Å². The molecule has 3 aromatic rings. The van der Waals surface area contributed by atoms with Gasteiger partial charge in [0, 0.05) is 22.0 Å². The Morgan fingerprint density at radius 2 is 1.88 bits per heavy atom. The van der Waals surface area contributed by atoms with Crippen molar-refractivity contribution in [3.05, 3.63) is 50.8 Å². The van der Waals surface area contributed by atoms with Gasteiger partial charge in [0.2, 0.25) is 0 Å². The van der Waals surface area contributed by atoms with Crippen LogP contribution in [0.5, 0.6) is 0 Å². The Kier molecular flexibility index (Phi) is 4.40. The molecule has 0 aliphatic carbocycles. The zero-order valence-corrected chi connectivity index (χ0v) is 15.9. The molecule has 1 fully saturated rings. The molecule has 0 atom stereocenters. The first-order valence-electron chi connectivity index (χ1n) is 8.49. The summed E-state index contributed by atoms with van der Waals surface area (Å²) in [7, 11) is 2.13. The maximum atomic E-state index is 13.3. The quantitative estimate of drug-likeness (QED) is 0.670. The number of aromatic nitrogens is 2. The summed E-state index contributed by atoms with van der Waals surface area (Å²) >= 11 is 7.53. The number of fused-ring (bicyclic) bond motifs is 1. The number of likely N-dealkylation sites (tertiary alicyclic amines) is 1. The van der Waals surface area contributed by atoms with Crippen molar-refractivity contribution in [1.82, 2.24) is 14.5 Å². The predicted molar refractivity (Wildman–Crippen MR) is 105 cm³/mol. The van der Waals surface area contributed by atoms with E-state index in [1.54, 1.807) is 0 Å². The van der Waals surface area contributed by atoms with E-state index >= 15 is 0 Å². The second-order valence-electron chi connectivity index (χ2n) is 6.71. The third kappa shape index (κ3) is 3.01. The Morgan fingerprint density at radius 3 is 2.56 bits per heavy atom. The van der Waals surface area contributed by atoms with Gasteiger partial charge < -0.3 is 4.90 Å². The normalized spacial score (nSPS) is 16.6. The number of rotatable bonds is 2. The summed E-state index contributed by atoms with van der Waals surface area (Å²) < 4.78 is 1.92. The van der Waals surface area contributed by atoms with Gasteiger partial charge in [-0.25, -0.2) is 4.98 Å². The highest BCUT2D eigenvalue weighted by Crippen LogP contribution is 2.32. The molecule has 4 nitrogen and oxygen atoms in total. The molecule has 130 valence electrons. The summed E-state index contributed by atoms with van der Waals surface area (Å²) in [6.07, 6.45) is 1.98. The monoisotopic (exact) mass is 373 g/mol. The molecule has 0 spiro atoms. The van der Waals surface area contributed by atoms with Crippen molar-refractivity contribution in [1.29, 1.82) is 0 Å². The molecule has 0 amide bonds. The average molecular weight is 374 g/mol. The lowest BCUT2D eigenvalue weighted by atomic mass is 10.0. The van der Waals surface area contributed by atoms with Gasteiger partial charge in [0.15, 0.2) is 0 Å². The molecular weight excluding hydrogens is 354 g/mol. The van der Waals surface area contributed by atoms with Crippen molar-refractivity contribution in [2.45, 2.75) is 25.8 Å². The lowest BCUT2D eigenvalue weighted by Crippen LogP contribution is -2.36. The topological polar surface area (TPSA) is 38.1 Å². The summed E-state index contributed by atoms with van der Waals surface area (Å²) in [5.74, 6) is 0.816. The van der Waals surface area contributed by atoms with E-state index in [0.29, 0.717) is 5.02 Å². The number of aryl methyl sites for hydroxylation is 1. The minimum absolute atomic E-state index is 0.0863. The molecule has 1 aliphatic heterocycles. The molecule has 2 aromatic heterocycles. The first kappa shape index (κ1) is 16.8. The standard InChI is InChI=1S/C19H20ClN3OS/c1-12-21-18-17(16(11-25-18)13-3-5-14(20)6-4-13)19(24)23(12)15-7-9-22(2)10-8-15/h3-6,11,15H,7-10H2,1-2H3. The number of piperidine rings is 1. The van der Waals surface area contributed by atoms with Crippen LogP contribution in [0.2, 0.25) is 5.02 Å². The van der Waals surface area contributed by atoms with Crippen LogP contribution in [-0.2, 0) is 0 Å². The van der Waals surface area contributed by atoms with E-state index in [2.05, 4.69) is 11.9 Å². The third-order valence-electron chi connectivity index (χ3n) is 5.02.